The lowest BCUT2D eigenvalue weighted by Gasteiger charge is -2.34. The maximum atomic E-state index is 12.1. The Bertz CT molecular complexity index is 440. The molecule has 4 nitrogen and oxygen atoms in total. The van der Waals surface area contributed by atoms with Crippen LogP contribution in [0.5, 0.6) is 0 Å². The van der Waals surface area contributed by atoms with Gasteiger partial charge in [0.05, 0.1) is 0 Å². The molecule has 1 aromatic rings. The van der Waals surface area contributed by atoms with Crippen LogP contribution in [0.4, 0.5) is 0 Å². The van der Waals surface area contributed by atoms with Crippen molar-refractivity contribution in [2.75, 3.05) is 6.54 Å². The van der Waals surface area contributed by atoms with Crippen LogP contribution in [0.3, 0.4) is 0 Å². The second-order valence-electron chi connectivity index (χ2n) is 6.26. The molecule has 0 amide bonds. The number of rotatable bonds is 3. The van der Waals surface area contributed by atoms with Crippen molar-refractivity contribution in [2.45, 2.75) is 51.8 Å². The molecule has 1 fully saturated rings. The van der Waals surface area contributed by atoms with E-state index in [1.807, 2.05) is 39.0 Å². The standard InChI is InChI=1S/C16H24N2O2/c1-16(2,3)20-15(19)14-10-7-11-18(17-14)12-13-8-5-4-6-9-13/h4-6,8-9,14,17H,7,10-12H2,1-3H3. The smallest absolute Gasteiger partial charge is 0.325 e. The molecule has 1 heterocycles. The van der Waals surface area contributed by atoms with E-state index >= 15 is 0 Å². The van der Waals surface area contributed by atoms with Crippen molar-refractivity contribution in [3.63, 3.8) is 0 Å². The van der Waals surface area contributed by atoms with Crippen molar-refractivity contribution in [1.29, 1.82) is 0 Å². The first-order valence-electron chi connectivity index (χ1n) is 7.22. The second-order valence-corrected chi connectivity index (χ2v) is 6.26. The van der Waals surface area contributed by atoms with Gasteiger partial charge in [-0.25, -0.2) is 10.4 Å². The number of carbonyl (C=O) groups excluding carboxylic acids is 1. The Hall–Kier alpha value is -1.39. The molecule has 1 saturated heterocycles. The van der Waals surface area contributed by atoms with Crippen molar-refractivity contribution in [3.8, 4) is 0 Å². The van der Waals surface area contributed by atoms with Crippen LogP contribution in [0, 0.1) is 0 Å². The molecule has 1 N–H and O–H groups in total. The molecule has 0 aromatic heterocycles. The lowest BCUT2D eigenvalue weighted by atomic mass is 10.1. The highest BCUT2D eigenvalue weighted by Gasteiger charge is 2.29. The zero-order chi connectivity index (χ0) is 14.6. The average molecular weight is 276 g/mol. The highest BCUT2D eigenvalue weighted by molar-refractivity contribution is 5.76. The van der Waals surface area contributed by atoms with E-state index in [0.29, 0.717) is 0 Å². The van der Waals surface area contributed by atoms with E-state index < -0.39 is 5.60 Å². The van der Waals surface area contributed by atoms with Crippen LogP contribution in [-0.4, -0.2) is 29.2 Å². The van der Waals surface area contributed by atoms with E-state index in [-0.39, 0.29) is 12.0 Å². The predicted molar refractivity (Wildman–Crippen MR) is 78.9 cm³/mol. The topological polar surface area (TPSA) is 41.6 Å². The predicted octanol–water partition coefficient (Wildman–Crippen LogP) is 2.50. The molecule has 20 heavy (non-hydrogen) atoms. The quantitative estimate of drug-likeness (QED) is 0.861. The van der Waals surface area contributed by atoms with Gasteiger partial charge in [0.1, 0.15) is 11.6 Å². The van der Waals surface area contributed by atoms with Crippen LogP contribution in [0.25, 0.3) is 0 Å². The molecule has 0 spiro atoms. The maximum Gasteiger partial charge on any atom is 0.325 e. The number of benzene rings is 1. The molecule has 1 aliphatic rings. The molecule has 1 aromatic carbocycles. The Morgan fingerprint density at radius 3 is 2.70 bits per heavy atom. The molecular formula is C16H24N2O2. The monoisotopic (exact) mass is 276 g/mol. The van der Waals surface area contributed by atoms with Gasteiger partial charge in [0, 0.05) is 13.1 Å². The van der Waals surface area contributed by atoms with Gasteiger partial charge in [0.2, 0.25) is 0 Å². The van der Waals surface area contributed by atoms with Gasteiger partial charge in [-0.15, -0.1) is 0 Å². The fourth-order valence-electron chi connectivity index (χ4n) is 2.31. The van der Waals surface area contributed by atoms with E-state index in [0.717, 1.165) is 25.9 Å². The zero-order valence-electron chi connectivity index (χ0n) is 12.6. The van der Waals surface area contributed by atoms with E-state index in [2.05, 4.69) is 22.6 Å². The van der Waals surface area contributed by atoms with Gasteiger partial charge in [-0.3, -0.25) is 4.79 Å². The number of carbonyl (C=O) groups is 1. The van der Waals surface area contributed by atoms with Gasteiger partial charge >= 0.3 is 5.97 Å². The number of nitrogens with one attached hydrogen (secondary N) is 1. The molecule has 0 aliphatic carbocycles. The summed E-state index contributed by atoms with van der Waals surface area (Å²) in [5.41, 5.74) is 4.09. The number of hydrogen-bond donors (Lipinski definition) is 1. The van der Waals surface area contributed by atoms with Crippen LogP contribution in [-0.2, 0) is 16.1 Å². The highest BCUT2D eigenvalue weighted by Crippen LogP contribution is 2.15. The van der Waals surface area contributed by atoms with Crippen molar-refractivity contribution in [3.05, 3.63) is 35.9 Å². The van der Waals surface area contributed by atoms with Gasteiger partial charge in [-0.1, -0.05) is 30.3 Å². The SMILES string of the molecule is CC(C)(C)OC(=O)C1CCCN(Cc2ccccc2)N1. The third-order valence-corrected chi connectivity index (χ3v) is 3.17. The first kappa shape index (κ1) is 15.0. The third-order valence-electron chi connectivity index (χ3n) is 3.17. The Balaban J connectivity index is 1.90. The van der Waals surface area contributed by atoms with E-state index in [4.69, 9.17) is 4.74 Å². The molecule has 0 bridgehead atoms. The van der Waals surface area contributed by atoms with Gasteiger partial charge in [-0.2, -0.15) is 0 Å². The minimum absolute atomic E-state index is 0.157. The number of esters is 1. The first-order chi connectivity index (χ1) is 9.44. The summed E-state index contributed by atoms with van der Waals surface area (Å²) >= 11 is 0. The van der Waals surface area contributed by atoms with Crippen molar-refractivity contribution in [2.24, 2.45) is 0 Å². The summed E-state index contributed by atoms with van der Waals surface area (Å²) in [5, 5.41) is 2.10. The van der Waals surface area contributed by atoms with Crippen LogP contribution < -0.4 is 5.43 Å². The normalized spacial score (nSPS) is 20.6. The molecular weight excluding hydrogens is 252 g/mol. The number of hydrogen-bond acceptors (Lipinski definition) is 4. The largest absolute Gasteiger partial charge is 0.459 e. The number of ether oxygens (including phenoxy) is 1. The van der Waals surface area contributed by atoms with E-state index in [9.17, 15) is 4.79 Å². The van der Waals surface area contributed by atoms with Crippen LogP contribution in [0.2, 0.25) is 0 Å². The Morgan fingerprint density at radius 1 is 1.35 bits per heavy atom. The fraction of sp³-hybridized carbons (Fsp3) is 0.562. The minimum Gasteiger partial charge on any atom is -0.459 e. The molecule has 2 rings (SSSR count). The van der Waals surface area contributed by atoms with Crippen molar-refractivity contribution in [1.82, 2.24) is 10.4 Å². The minimum atomic E-state index is -0.430. The molecule has 0 saturated carbocycles. The van der Waals surface area contributed by atoms with Crippen LogP contribution in [0.15, 0.2) is 30.3 Å². The lowest BCUT2D eigenvalue weighted by Crippen LogP contribution is -2.53. The second kappa shape index (κ2) is 6.37. The van der Waals surface area contributed by atoms with Gasteiger partial charge < -0.3 is 4.74 Å². The summed E-state index contributed by atoms with van der Waals surface area (Å²) in [7, 11) is 0. The Morgan fingerprint density at radius 2 is 2.05 bits per heavy atom. The molecule has 1 unspecified atom stereocenters. The summed E-state index contributed by atoms with van der Waals surface area (Å²) in [6.07, 6.45) is 1.84. The first-order valence-corrected chi connectivity index (χ1v) is 7.22. The average Bonchev–Trinajstić information content (AvgIpc) is 2.38. The van der Waals surface area contributed by atoms with E-state index in [1.165, 1.54) is 5.56 Å². The number of nitrogens with zero attached hydrogens (tertiary/aromatic N) is 1. The van der Waals surface area contributed by atoms with Crippen LogP contribution >= 0.6 is 0 Å². The summed E-state index contributed by atoms with van der Waals surface area (Å²) in [5.74, 6) is -0.157. The van der Waals surface area contributed by atoms with Crippen molar-refractivity contribution >= 4 is 5.97 Å². The highest BCUT2D eigenvalue weighted by atomic mass is 16.6. The molecule has 4 heteroatoms. The lowest BCUT2D eigenvalue weighted by molar-refractivity contribution is -0.160. The third kappa shape index (κ3) is 4.62. The molecule has 110 valence electrons. The summed E-state index contributed by atoms with van der Waals surface area (Å²) < 4.78 is 5.45. The van der Waals surface area contributed by atoms with Gasteiger partial charge in [-0.05, 0) is 39.2 Å². The molecule has 1 aliphatic heterocycles. The fourth-order valence-corrected chi connectivity index (χ4v) is 2.31. The Labute approximate surface area is 121 Å². The van der Waals surface area contributed by atoms with Crippen LogP contribution in [0.1, 0.15) is 39.2 Å². The Kier molecular flexibility index (Phi) is 4.78. The zero-order valence-corrected chi connectivity index (χ0v) is 12.6. The van der Waals surface area contributed by atoms with Gasteiger partial charge in [0.25, 0.3) is 0 Å². The molecule has 0 radical (unpaired) electrons. The maximum absolute atomic E-state index is 12.1. The van der Waals surface area contributed by atoms with Crippen molar-refractivity contribution < 1.29 is 9.53 Å². The van der Waals surface area contributed by atoms with E-state index in [1.54, 1.807) is 0 Å². The summed E-state index contributed by atoms with van der Waals surface area (Å²) in [6.45, 7) is 7.45. The number of hydrazine groups is 1. The summed E-state index contributed by atoms with van der Waals surface area (Å²) in [6, 6.07) is 10.0. The summed E-state index contributed by atoms with van der Waals surface area (Å²) in [4.78, 5) is 12.1. The molecule has 1 atom stereocenters. The van der Waals surface area contributed by atoms with Gasteiger partial charge in [0.15, 0.2) is 0 Å².